The fourth-order valence-corrected chi connectivity index (χ4v) is 6.17. The Hall–Kier alpha value is -5.13. The molecule has 2 aromatic carbocycles. The fraction of sp³-hybridized carbons (Fsp3) is 0.394. The van der Waals surface area contributed by atoms with Crippen molar-refractivity contribution in [2.45, 2.75) is 24.7 Å². The van der Waals surface area contributed by atoms with Crippen LogP contribution in [0.5, 0.6) is 5.75 Å². The Morgan fingerprint density at radius 2 is 1.89 bits per heavy atom. The smallest absolute Gasteiger partial charge is 0.253 e. The van der Waals surface area contributed by atoms with E-state index in [9.17, 15) is 10.1 Å². The molecule has 3 fully saturated rings. The molecular weight excluding hydrogens is 603 g/mol. The van der Waals surface area contributed by atoms with Crippen LogP contribution in [0.1, 0.15) is 12.0 Å². The standard InChI is InChI=1S/C33H35FN10O3/c34-27-17-44(32(45)26-15-37-16-28(26)36)8-7-30(27)47-29-6-1-21(13-22(29)14-35)31-38-20-39-33(41-31)40-23-2-4-24(5-3-23)42-9-11-43(12-10-42)25-18-46-19-25/h1-6,13,16,20,25,27,30H,7-12,15,17-19,36H2,(H,38,39,40,41)/t27-,30+/m1/s1. The van der Waals surface area contributed by atoms with Gasteiger partial charge < -0.3 is 30.3 Å². The van der Waals surface area contributed by atoms with Gasteiger partial charge in [-0.25, -0.2) is 14.4 Å². The summed E-state index contributed by atoms with van der Waals surface area (Å²) in [4.78, 5) is 36.2. The quantitative estimate of drug-likeness (QED) is 0.373. The molecule has 5 heterocycles. The molecular formula is C33H35FN10O3. The molecule has 4 aliphatic rings. The number of hydrogen-bond acceptors (Lipinski definition) is 12. The molecule has 0 unspecified atom stereocenters. The number of allylic oxidation sites excluding steroid dienone is 1. The highest BCUT2D eigenvalue weighted by molar-refractivity contribution is 6.02. The second-order valence-corrected chi connectivity index (χ2v) is 12.0. The van der Waals surface area contributed by atoms with Crippen LogP contribution in [0.3, 0.4) is 0 Å². The normalized spacial score (nSPS) is 21.8. The lowest BCUT2D eigenvalue weighted by Crippen LogP contribution is -2.56. The Labute approximate surface area is 271 Å². The molecule has 3 N–H and O–H groups in total. The Balaban J connectivity index is 0.964. The summed E-state index contributed by atoms with van der Waals surface area (Å²) >= 11 is 0. The number of aromatic nitrogens is 3. The van der Waals surface area contributed by atoms with Crippen LogP contribution >= 0.6 is 0 Å². The number of anilines is 3. The van der Waals surface area contributed by atoms with Crippen molar-refractivity contribution in [1.29, 1.82) is 5.26 Å². The highest BCUT2D eigenvalue weighted by Crippen LogP contribution is 2.29. The Bertz CT molecular complexity index is 1730. The van der Waals surface area contributed by atoms with Crippen LogP contribution in [0.15, 0.2) is 65.1 Å². The number of nitrogens with two attached hydrogens (primary N) is 1. The monoisotopic (exact) mass is 638 g/mol. The van der Waals surface area contributed by atoms with Gasteiger partial charge in [-0.05, 0) is 42.5 Å². The second-order valence-electron chi connectivity index (χ2n) is 12.0. The molecule has 0 saturated carbocycles. The van der Waals surface area contributed by atoms with Crippen molar-refractivity contribution in [3.05, 3.63) is 65.6 Å². The molecule has 3 saturated heterocycles. The van der Waals surface area contributed by atoms with Crippen LogP contribution in [0.25, 0.3) is 11.4 Å². The van der Waals surface area contributed by atoms with Crippen molar-refractivity contribution < 1.29 is 18.7 Å². The molecule has 0 radical (unpaired) electrons. The van der Waals surface area contributed by atoms with E-state index in [0.717, 1.165) is 45.1 Å². The number of piperidine rings is 1. The predicted octanol–water partition coefficient (Wildman–Crippen LogP) is 2.29. The van der Waals surface area contributed by atoms with E-state index in [4.69, 9.17) is 15.2 Å². The molecule has 0 bridgehead atoms. The molecule has 0 aliphatic carbocycles. The number of aliphatic imine (C=N–C) groups is 1. The van der Waals surface area contributed by atoms with E-state index >= 15 is 4.39 Å². The summed E-state index contributed by atoms with van der Waals surface area (Å²) < 4.78 is 26.5. The number of piperazine rings is 1. The summed E-state index contributed by atoms with van der Waals surface area (Å²) in [6, 6.07) is 15.8. The third-order valence-electron chi connectivity index (χ3n) is 9.00. The topological polar surface area (TPSA) is 158 Å². The minimum atomic E-state index is -1.44. The van der Waals surface area contributed by atoms with E-state index in [1.165, 1.54) is 23.1 Å². The molecule has 3 aromatic rings. The van der Waals surface area contributed by atoms with Gasteiger partial charge in [0, 0.05) is 62.3 Å². The van der Waals surface area contributed by atoms with E-state index in [-0.39, 0.29) is 36.7 Å². The average molecular weight is 639 g/mol. The van der Waals surface area contributed by atoms with Gasteiger partial charge in [-0.15, -0.1) is 0 Å². The maximum atomic E-state index is 15.2. The number of carbonyl (C=O) groups is 1. The molecule has 1 aromatic heterocycles. The van der Waals surface area contributed by atoms with Crippen LogP contribution in [-0.4, -0.2) is 114 Å². The number of nitrogens with one attached hydrogen (secondary N) is 1. The molecule has 47 heavy (non-hydrogen) atoms. The summed E-state index contributed by atoms with van der Waals surface area (Å²) in [5.41, 5.74) is 9.35. The van der Waals surface area contributed by atoms with Crippen LogP contribution < -0.4 is 20.7 Å². The van der Waals surface area contributed by atoms with Gasteiger partial charge in [0.2, 0.25) is 5.95 Å². The van der Waals surface area contributed by atoms with Crippen LogP contribution in [-0.2, 0) is 9.53 Å². The van der Waals surface area contributed by atoms with Crippen molar-refractivity contribution in [1.82, 2.24) is 24.8 Å². The first kappa shape index (κ1) is 30.5. The van der Waals surface area contributed by atoms with Crippen molar-refractivity contribution >= 4 is 29.4 Å². The maximum absolute atomic E-state index is 15.2. The SMILES string of the molecule is N#Cc1cc(-c2ncnc(Nc3ccc(N4CCN(C5COC5)CC4)cc3)n2)ccc1O[C@H]1CCN(C(=O)C2=C(N)C=NC2)C[C@H]1F. The Morgan fingerprint density at radius 3 is 2.57 bits per heavy atom. The number of ether oxygens (including phenoxy) is 2. The number of hydrogen-bond donors (Lipinski definition) is 2. The number of alkyl halides is 1. The number of carbonyl (C=O) groups excluding carboxylic acids is 1. The summed E-state index contributed by atoms with van der Waals surface area (Å²) in [5.74, 6) is 0.680. The Morgan fingerprint density at radius 1 is 1.09 bits per heavy atom. The predicted molar refractivity (Wildman–Crippen MR) is 173 cm³/mol. The number of benzene rings is 2. The first-order valence-corrected chi connectivity index (χ1v) is 15.7. The molecule has 4 aliphatic heterocycles. The first-order chi connectivity index (χ1) is 22.9. The molecule has 14 heteroatoms. The maximum Gasteiger partial charge on any atom is 0.253 e. The molecule has 7 rings (SSSR count). The van der Waals surface area contributed by atoms with E-state index in [0.29, 0.717) is 41.2 Å². The zero-order valence-corrected chi connectivity index (χ0v) is 25.8. The van der Waals surface area contributed by atoms with Gasteiger partial charge in [-0.2, -0.15) is 10.2 Å². The lowest BCUT2D eigenvalue weighted by molar-refractivity contribution is -0.131. The number of nitrogens with zero attached hydrogens (tertiary/aromatic N) is 8. The highest BCUT2D eigenvalue weighted by atomic mass is 19.1. The lowest BCUT2D eigenvalue weighted by Gasteiger charge is -2.43. The zero-order valence-electron chi connectivity index (χ0n) is 25.8. The van der Waals surface area contributed by atoms with Gasteiger partial charge in [-0.1, -0.05) is 0 Å². The minimum Gasteiger partial charge on any atom is -0.486 e. The van der Waals surface area contributed by atoms with Crippen LogP contribution in [0.2, 0.25) is 0 Å². The van der Waals surface area contributed by atoms with Gasteiger partial charge in [0.25, 0.3) is 5.91 Å². The van der Waals surface area contributed by atoms with Crippen LogP contribution in [0, 0.1) is 11.3 Å². The summed E-state index contributed by atoms with van der Waals surface area (Å²) in [5, 5.41) is 13.1. The highest BCUT2D eigenvalue weighted by Gasteiger charge is 2.35. The number of nitriles is 1. The minimum absolute atomic E-state index is 0.128. The molecule has 13 nitrogen and oxygen atoms in total. The van der Waals surface area contributed by atoms with Gasteiger partial charge in [0.05, 0.1) is 49.2 Å². The number of rotatable bonds is 8. The number of halogens is 1. The molecule has 0 spiro atoms. The summed E-state index contributed by atoms with van der Waals surface area (Å²) in [6.07, 6.45) is 0.878. The largest absolute Gasteiger partial charge is 0.486 e. The van der Waals surface area contributed by atoms with E-state index in [1.807, 2.05) is 12.1 Å². The summed E-state index contributed by atoms with van der Waals surface area (Å²) in [7, 11) is 0. The third-order valence-corrected chi connectivity index (χ3v) is 9.00. The first-order valence-electron chi connectivity index (χ1n) is 15.7. The molecule has 2 atom stereocenters. The van der Waals surface area contributed by atoms with Crippen LogP contribution in [0.4, 0.5) is 21.7 Å². The number of amides is 1. The van der Waals surface area contributed by atoms with Crippen molar-refractivity contribution in [2.24, 2.45) is 10.7 Å². The van der Waals surface area contributed by atoms with E-state index in [1.54, 1.807) is 18.2 Å². The van der Waals surface area contributed by atoms with E-state index in [2.05, 4.69) is 53.3 Å². The molecule has 242 valence electrons. The Kier molecular flexibility index (Phi) is 8.64. The average Bonchev–Trinajstić information content (AvgIpc) is 3.51. The van der Waals surface area contributed by atoms with Crippen molar-refractivity contribution in [2.75, 3.05) is 69.2 Å². The van der Waals surface area contributed by atoms with Gasteiger partial charge >= 0.3 is 0 Å². The second kappa shape index (κ2) is 13.3. The van der Waals surface area contributed by atoms with Gasteiger partial charge in [0.1, 0.15) is 24.3 Å². The fourth-order valence-electron chi connectivity index (χ4n) is 6.17. The lowest BCUT2D eigenvalue weighted by atomic mass is 10.0. The summed E-state index contributed by atoms with van der Waals surface area (Å²) in [6.45, 7) is 6.10. The van der Waals surface area contributed by atoms with Crippen molar-refractivity contribution in [3.63, 3.8) is 0 Å². The number of likely N-dealkylation sites (tertiary alicyclic amines) is 1. The van der Waals surface area contributed by atoms with Crippen molar-refractivity contribution in [3.8, 4) is 23.2 Å². The zero-order chi connectivity index (χ0) is 32.3. The molecule has 1 amide bonds. The van der Waals surface area contributed by atoms with Gasteiger partial charge in [0.15, 0.2) is 12.0 Å². The van der Waals surface area contributed by atoms with Gasteiger partial charge in [-0.3, -0.25) is 14.7 Å². The van der Waals surface area contributed by atoms with E-state index < -0.39 is 12.3 Å². The third kappa shape index (κ3) is 6.58.